The Morgan fingerprint density at radius 2 is 2.17 bits per heavy atom. The van der Waals surface area contributed by atoms with Crippen molar-refractivity contribution in [3.05, 3.63) is 42.4 Å². The van der Waals surface area contributed by atoms with Crippen molar-refractivity contribution in [3.8, 4) is 0 Å². The average molecular weight is 514 g/mol. The Hall–Kier alpha value is -2.04. The van der Waals surface area contributed by atoms with Gasteiger partial charge in [0.15, 0.2) is 11.7 Å². The number of nitrogens with one attached hydrogen (secondary N) is 2. The van der Waals surface area contributed by atoms with Crippen LogP contribution in [0.15, 0.2) is 40.5 Å². The van der Waals surface area contributed by atoms with Crippen LogP contribution in [0.4, 0.5) is 0 Å². The number of imidazole rings is 1. The summed E-state index contributed by atoms with van der Waals surface area (Å²) in [7, 11) is 1.81. The van der Waals surface area contributed by atoms with E-state index in [0.717, 1.165) is 44.0 Å². The normalized spacial score (nSPS) is 19.6. The van der Waals surface area contributed by atoms with E-state index >= 15 is 0 Å². The number of nitrogens with zero attached hydrogens (tertiary/aromatic N) is 4. The van der Waals surface area contributed by atoms with E-state index in [4.69, 9.17) is 4.42 Å². The molecule has 0 saturated carbocycles. The molecule has 2 aromatic rings. The summed E-state index contributed by atoms with van der Waals surface area (Å²) in [5.74, 6) is 1.73. The van der Waals surface area contributed by atoms with Gasteiger partial charge in [0, 0.05) is 51.2 Å². The van der Waals surface area contributed by atoms with Crippen molar-refractivity contribution in [1.82, 2.24) is 25.1 Å². The Bertz CT molecular complexity index is 789. The number of carbonyl (C=O) groups excluding carboxylic acids is 1. The number of likely N-dealkylation sites (tertiary alicyclic amines) is 1. The van der Waals surface area contributed by atoms with Gasteiger partial charge in [-0.1, -0.05) is 6.92 Å². The van der Waals surface area contributed by atoms with E-state index in [1.54, 1.807) is 6.07 Å². The van der Waals surface area contributed by atoms with Crippen LogP contribution in [0, 0.1) is 12.8 Å². The van der Waals surface area contributed by atoms with Crippen molar-refractivity contribution in [2.24, 2.45) is 10.9 Å². The standard InChI is InChI=1S/C20H30N6O2.HI/c1-15-5-10-25(13-17(15)26-11-9-22-14-26)20(21-3)24-8-4-7-23-19(27)18-16(2)6-12-28-18;/h6,9,11-12,14-15,17H,4-5,7-8,10,13H2,1-3H3,(H,21,24)(H,23,27);1H. The van der Waals surface area contributed by atoms with Crippen LogP contribution in [0.3, 0.4) is 0 Å². The zero-order valence-electron chi connectivity index (χ0n) is 17.3. The predicted molar refractivity (Wildman–Crippen MR) is 124 cm³/mol. The molecule has 2 N–H and O–H groups in total. The minimum absolute atomic E-state index is 0. The molecule has 2 unspecified atom stereocenters. The maximum atomic E-state index is 12.0. The molecule has 2 aromatic heterocycles. The number of halogens is 1. The molecule has 1 amide bonds. The molecule has 1 saturated heterocycles. The second-order valence-electron chi connectivity index (χ2n) is 7.31. The largest absolute Gasteiger partial charge is 0.459 e. The molecule has 1 aliphatic heterocycles. The Morgan fingerprint density at radius 3 is 2.83 bits per heavy atom. The van der Waals surface area contributed by atoms with Gasteiger partial charge in [-0.05, 0) is 31.7 Å². The lowest BCUT2D eigenvalue weighted by Crippen LogP contribution is -2.49. The highest BCUT2D eigenvalue weighted by molar-refractivity contribution is 14.0. The Balaban J connectivity index is 0.00000300. The number of carbonyl (C=O) groups is 1. The first kappa shape index (κ1) is 23.2. The summed E-state index contributed by atoms with van der Waals surface area (Å²) >= 11 is 0. The first-order valence-electron chi connectivity index (χ1n) is 9.85. The van der Waals surface area contributed by atoms with Gasteiger partial charge in [0.05, 0.1) is 18.6 Å². The monoisotopic (exact) mass is 514 g/mol. The van der Waals surface area contributed by atoms with Crippen molar-refractivity contribution in [2.75, 3.05) is 33.2 Å². The van der Waals surface area contributed by atoms with Gasteiger partial charge in [0.25, 0.3) is 5.91 Å². The number of aromatic nitrogens is 2. The summed E-state index contributed by atoms with van der Waals surface area (Å²) in [6, 6.07) is 2.18. The van der Waals surface area contributed by atoms with Crippen molar-refractivity contribution in [3.63, 3.8) is 0 Å². The SMILES string of the molecule is CN=C(NCCCNC(=O)c1occc1C)N1CCC(C)C(n2ccnc2)C1.I. The highest BCUT2D eigenvalue weighted by atomic mass is 127. The van der Waals surface area contributed by atoms with Crippen molar-refractivity contribution in [1.29, 1.82) is 0 Å². The van der Waals surface area contributed by atoms with Crippen LogP contribution in [0.25, 0.3) is 0 Å². The van der Waals surface area contributed by atoms with Gasteiger partial charge in [-0.2, -0.15) is 0 Å². The number of piperidine rings is 1. The third-order valence-corrected chi connectivity index (χ3v) is 5.33. The number of rotatable bonds is 6. The maximum Gasteiger partial charge on any atom is 0.287 e. The number of guanidine groups is 1. The minimum Gasteiger partial charge on any atom is -0.459 e. The number of aryl methyl sites for hydroxylation is 1. The van der Waals surface area contributed by atoms with E-state index in [-0.39, 0.29) is 29.9 Å². The van der Waals surface area contributed by atoms with Gasteiger partial charge in [-0.3, -0.25) is 9.79 Å². The lowest BCUT2D eigenvalue weighted by atomic mass is 9.93. The second-order valence-corrected chi connectivity index (χ2v) is 7.31. The molecule has 1 aliphatic rings. The molecular weight excluding hydrogens is 483 g/mol. The van der Waals surface area contributed by atoms with Crippen molar-refractivity contribution < 1.29 is 9.21 Å². The van der Waals surface area contributed by atoms with E-state index in [1.807, 2.05) is 32.7 Å². The van der Waals surface area contributed by atoms with Crippen LogP contribution >= 0.6 is 24.0 Å². The maximum absolute atomic E-state index is 12.0. The first-order valence-corrected chi connectivity index (χ1v) is 9.85. The van der Waals surface area contributed by atoms with Gasteiger partial charge in [0.2, 0.25) is 0 Å². The van der Waals surface area contributed by atoms with Gasteiger partial charge < -0.3 is 24.5 Å². The lowest BCUT2D eigenvalue weighted by molar-refractivity contribution is 0.0925. The van der Waals surface area contributed by atoms with E-state index in [1.165, 1.54) is 6.26 Å². The number of hydrogen-bond donors (Lipinski definition) is 2. The summed E-state index contributed by atoms with van der Waals surface area (Å²) in [5, 5.41) is 6.31. The third-order valence-electron chi connectivity index (χ3n) is 5.33. The quantitative estimate of drug-likeness (QED) is 0.268. The summed E-state index contributed by atoms with van der Waals surface area (Å²) in [6.07, 6.45) is 9.21. The fraction of sp³-hybridized carbons (Fsp3) is 0.550. The van der Waals surface area contributed by atoms with Gasteiger partial charge in [-0.25, -0.2) is 4.98 Å². The zero-order chi connectivity index (χ0) is 19.9. The van der Waals surface area contributed by atoms with Crippen LogP contribution in [0.1, 0.15) is 41.9 Å². The van der Waals surface area contributed by atoms with E-state index in [2.05, 4.69) is 37.0 Å². The Morgan fingerprint density at radius 1 is 1.38 bits per heavy atom. The molecule has 0 spiro atoms. The van der Waals surface area contributed by atoms with Crippen LogP contribution in [-0.4, -0.2) is 59.5 Å². The molecule has 29 heavy (non-hydrogen) atoms. The lowest BCUT2D eigenvalue weighted by Gasteiger charge is -2.39. The molecule has 9 heteroatoms. The van der Waals surface area contributed by atoms with Gasteiger partial charge in [0.1, 0.15) is 0 Å². The summed E-state index contributed by atoms with van der Waals surface area (Å²) in [5.41, 5.74) is 0.850. The van der Waals surface area contributed by atoms with Crippen molar-refractivity contribution in [2.45, 2.75) is 32.7 Å². The zero-order valence-corrected chi connectivity index (χ0v) is 19.6. The topological polar surface area (TPSA) is 87.7 Å². The molecule has 8 nitrogen and oxygen atoms in total. The van der Waals surface area contributed by atoms with Gasteiger partial charge >= 0.3 is 0 Å². The molecule has 160 valence electrons. The average Bonchev–Trinajstić information content (AvgIpc) is 3.37. The highest BCUT2D eigenvalue weighted by Crippen LogP contribution is 2.27. The molecule has 1 fully saturated rings. The molecule has 3 rings (SSSR count). The van der Waals surface area contributed by atoms with E-state index in [9.17, 15) is 4.79 Å². The minimum atomic E-state index is -0.167. The number of amides is 1. The fourth-order valence-corrected chi connectivity index (χ4v) is 3.60. The predicted octanol–water partition coefficient (Wildman–Crippen LogP) is 2.68. The van der Waals surface area contributed by atoms with Crippen LogP contribution in [0.2, 0.25) is 0 Å². The van der Waals surface area contributed by atoms with E-state index < -0.39 is 0 Å². The van der Waals surface area contributed by atoms with Crippen molar-refractivity contribution >= 4 is 35.8 Å². The number of hydrogen-bond acceptors (Lipinski definition) is 4. The number of furan rings is 1. The first-order chi connectivity index (χ1) is 13.6. The van der Waals surface area contributed by atoms with E-state index in [0.29, 0.717) is 24.3 Å². The molecule has 0 bridgehead atoms. The highest BCUT2D eigenvalue weighted by Gasteiger charge is 2.28. The van der Waals surface area contributed by atoms with Gasteiger partial charge in [-0.15, -0.1) is 24.0 Å². The molecule has 0 radical (unpaired) electrons. The number of aliphatic imine (C=N–C) groups is 1. The third kappa shape index (κ3) is 5.97. The molecule has 3 heterocycles. The summed E-state index contributed by atoms with van der Waals surface area (Å²) < 4.78 is 7.40. The molecule has 2 atom stereocenters. The fourth-order valence-electron chi connectivity index (χ4n) is 3.60. The Kier molecular flexibility index (Phi) is 8.99. The smallest absolute Gasteiger partial charge is 0.287 e. The van der Waals surface area contributed by atoms with Crippen LogP contribution in [-0.2, 0) is 0 Å². The van der Waals surface area contributed by atoms with Crippen LogP contribution in [0.5, 0.6) is 0 Å². The van der Waals surface area contributed by atoms with Crippen LogP contribution < -0.4 is 10.6 Å². The molecule has 0 aliphatic carbocycles. The summed E-state index contributed by atoms with van der Waals surface area (Å²) in [4.78, 5) is 23.0. The second kappa shape index (κ2) is 11.2. The molecule has 0 aromatic carbocycles. The molecular formula is C20H31IN6O2. The Labute approximate surface area is 189 Å². The summed E-state index contributed by atoms with van der Waals surface area (Å²) in [6.45, 7) is 7.37.